The van der Waals surface area contributed by atoms with Gasteiger partial charge in [-0.1, -0.05) is 51.0 Å². The van der Waals surface area contributed by atoms with Crippen LogP contribution >= 0.6 is 0 Å². The molecule has 0 radical (unpaired) electrons. The maximum atomic E-state index is 14.0. The smallest absolute Gasteiger partial charge is 0.339 e. The summed E-state index contributed by atoms with van der Waals surface area (Å²) in [5, 5.41) is 0. The molecule has 0 aromatic heterocycles. The SMILES string of the molecule is CCCCC(=O)[C@@]12CC[C@@H](C=C1C(=O)OC)[C@H](CCC)[C@]21OC(=O)c2ccccc21. The fourth-order valence-electron chi connectivity index (χ4n) is 6.24. The van der Waals surface area contributed by atoms with Gasteiger partial charge in [0.25, 0.3) is 0 Å². The molecule has 0 unspecified atom stereocenters. The molecule has 0 saturated heterocycles. The number of fused-ring (bicyclic) bond motifs is 2. The average molecular weight is 411 g/mol. The van der Waals surface area contributed by atoms with Gasteiger partial charge in [-0.05, 0) is 37.7 Å². The highest BCUT2D eigenvalue weighted by atomic mass is 16.6. The van der Waals surface area contributed by atoms with Crippen LogP contribution in [0.25, 0.3) is 0 Å². The van der Waals surface area contributed by atoms with Crippen LogP contribution in [0.1, 0.15) is 74.7 Å². The molecule has 1 spiro atoms. The summed E-state index contributed by atoms with van der Waals surface area (Å²) in [5.74, 6) is -0.864. The lowest BCUT2D eigenvalue weighted by Crippen LogP contribution is -2.64. The molecule has 0 N–H and O–H groups in total. The Labute approximate surface area is 177 Å². The highest BCUT2D eigenvalue weighted by Gasteiger charge is 2.73. The van der Waals surface area contributed by atoms with Crippen molar-refractivity contribution in [2.75, 3.05) is 7.11 Å². The van der Waals surface area contributed by atoms with Crippen molar-refractivity contribution >= 4 is 17.7 Å². The molecule has 1 saturated carbocycles. The number of carbonyl (C=O) groups is 3. The minimum absolute atomic E-state index is 0.00949. The number of methoxy groups -OCH3 is 1. The molecule has 0 amide bonds. The van der Waals surface area contributed by atoms with Crippen molar-refractivity contribution < 1.29 is 23.9 Å². The van der Waals surface area contributed by atoms with Gasteiger partial charge in [-0.15, -0.1) is 0 Å². The van der Waals surface area contributed by atoms with Crippen LogP contribution in [0, 0.1) is 17.3 Å². The van der Waals surface area contributed by atoms with E-state index in [4.69, 9.17) is 9.47 Å². The second-order valence-corrected chi connectivity index (χ2v) is 8.77. The first-order chi connectivity index (χ1) is 14.5. The molecule has 160 valence electrons. The van der Waals surface area contributed by atoms with Crippen molar-refractivity contribution in [3.63, 3.8) is 0 Å². The minimum Gasteiger partial charge on any atom is -0.466 e. The number of rotatable bonds is 7. The number of carbonyl (C=O) groups excluding carboxylic acids is 3. The molecule has 1 aromatic carbocycles. The van der Waals surface area contributed by atoms with E-state index in [1.165, 1.54) is 7.11 Å². The van der Waals surface area contributed by atoms with Gasteiger partial charge in [0.1, 0.15) is 11.2 Å². The summed E-state index contributed by atoms with van der Waals surface area (Å²) in [4.78, 5) is 39.9. The van der Waals surface area contributed by atoms with Gasteiger partial charge in [0, 0.05) is 17.9 Å². The Kier molecular flexibility index (Phi) is 5.33. The van der Waals surface area contributed by atoms with Gasteiger partial charge in [-0.2, -0.15) is 0 Å². The van der Waals surface area contributed by atoms with Gasteiger partial charge < -0.3 is 9.47 Å². The molecule has 3 aliphatic carbocycles. The van der Waals surface area contributed by atoms with E-state index in [-0.39, 0.29) is 17.6 Å². The van der Waals surface area contributed by atoms with E-state index in [2.05, 4.69) is 6.92 Å². The van der Waals surface area contributed by atoms with Crippen molar-refractivity contribution in [2.24, 2.45) is 17.3 Å². The number of hydrogen-bond donors (Lipinski definition) is 0. The normalized spacial score (nSPS) is 31.3. The van der Waals surface area contributed by atoms with Crippen LogP contribution in [0.5, 0.6) is 0 Å². The molecule has 4 atom stereocenters. The number of ketones is 1. The molecule has 5 heteroatoms. The lowest BCUT2D eigenvalue weighted by molar-refractivity contribution is -0.183. The Bertz CT molecular complexity index is 916. The van der Waals surface area contributed by atoms with E-state index in [1.54, 1.807) is 6.07 Å². The quantitative estimate of drug-likeness (QED) is 0.608. The van der Waals surface area contributed by atoms with Crippen LogP contribution in [-0.2, 0) is 24.7 Å². The molecule has 5 rings (SSSR count). The Morgan fingerprint density at radius 2 is 1.97 bits per heavy atom. The van der Waals surface area contributed by atoms with Crippen LogP contribution in [0.4, 0.5) is 0 Å². The number of esters is 2. The summed E-state index contributed by atoms with van der Waals surface area (Å²) in [5.41, 5.74) is -0.663. The van der Waals surface area contributed by atoms with Crippen molar-refractivity contribution in [2.45, 2.75) is 64.4 Å². The van der Waals surface area contributed by atoms with E-state index in [0.717, 1.165) is 37.7 Å². The fraction of sp³-hybridized carbons (Fsp3) is 0.560. The van der Waals surface area contributed by atoms with Crippen LogP contribution in [0.15, 0.2) is 35.9 Å². The Balaban J connectivity index is 2.02. The first-order valence-corrected chi connectivity index (χ1v) is 11.1. The maximum Gasteiger partial charge on any atom is 0.339 e. The number of hydrogen-bond acceptors (Lipinski definition) is 5. The lowest BCUT2D eigenvalue weighted by atomic mass is 9.44. The van der Waals surface area contributed by atoms with Gasteiger partial charge in [0.05, 0.1) is 18.2 Å². The number of unbranched alkanes of at least 4 members (excludes halogenated alkanes) is 1. The predicted molar refractivity (Wildman–Crippen MR) is 112 cm³/mol. The molecule has 2 bridgehead atoms. The topological polar surface area (TPSA) is 69.7 Å². The van der Waals surface area contributed by atoms with Crippen LogP contribution in [0.2, 0.25) is 0 Å². The van der Waals surface area contributed by atoms with Gasteiger partial charge in [0.2, 0.25) is 0 Å². The molecule has 5 nitrogen and oxygen atoms in total. The predicted octanol–water partition coefficient (Wildman–Crippen LogP) is 4.74. The van der Waals surface area contributed by atoms with E-state index >= 15 is 0 Å². The zero-order chi connectivity index (χ0) is 21.5. The second-order valence-electron chi connectivity index (χ2n) is 8.77. The zero-order valence-electron chi connectivity index (χ0n) is 18.0. The first kappa shape index (κ1) is 20.8. The van der Waals surface area contributed by atoms with Crippen molar-refractivity contribution in [1.82, 2.24) is 0 Å². The van der Waals surface area contributed by atoms with Crippen molar-refractivity contribution in [3.8, 4) is 0 Å². The maximum absolute atomic E-state index is 14.0. The van der Waals surface area contributed by atoms with Crippen LogP contribution in [-0.4, -0.2) is 24.8 Å². The molecular formula is C25H30O5. The molecule has 1 heterocycles. The Morgan fingerprint density at radius 3 is 2.67 bits per heavy atom. The minimum atomic E-state index is -1.19. The third-order valence-electron chi connectivity index (χ3n) is 7.41. The van der Waals surface area contributed by atoms with E-state index in [0.29, 0.717) is 24.0 Å². The number of benzene rings is 1. The number of ether oxygens (including phenoxy) is 2. The van der Waals surface area contributed by atoms with Gasteiger partial charge >= 0.3 is 11.9 Å². The number of allylic oxidation sites excluding steroid dienone is 1. The molecular weight excluding hydrogens is 380 g/mol. The highest BCUT2D eigenvalue weighted by Crippen LogP contribution is 2.68. The summed E-state index contributed by atoms with van der Waals surface area (Å²) < 4.78 is 11.4. The molecule has 1 aliphatic heterocycles. The summed E-state index contributed by atoms with van der Waals surface area (Å²) in [6.45, 7) is 4.15. The summed E-state index contributed by atoms with van der Waals surface area (Å²) in [6, 6.07) is 7.38. The second kappa shape index (κ2) is 7.68. The van der Waals surface area contributed by atoms with Gasteiger partial charge in [0.15, 0.2) is 5.60 Å². The monoisotopic (exact) mass is 410 g/mol. The summed E-state index contributed by atoms with van der Waals surface area (Å²) in [7, 11) is 1.35. The third kappa shape index (κ3) is 2.57. The van der Waals surface area contributed by atoms with E-state index < -0.39 is 23.0 Å². The molecule has 4 aliphatic rings. The standard InChI is InChI=1S/C25H30O5/c1-4-6-12-21(26)24-14-13-16(15-20(24)23(28)29-3)18(9-5-2)25(24)19-11-8-7-10-17(19)22(27)30-25/h7-8,10-11,15-16,18H,4-6,9,12-14H2,1-3H3/t16-,18-,24+,25+/m0/s1. The van der Waals surface area contributed by atoms with E-state index in [1.807, 2.05) is 31.2 Å². The van der Waals surface area contributed by atoms with E-state index in [9.17, 15) is 14.4 Å². The van der Waals surface area contributed by atoms with Crippen LogP contribution < -0.4 is 0 Å². The third-order valence-corrected chi connectivity index (χ3v) is 7.41. The number of Topliss-reactive ketones (excluding diaryl/α,β-unsaturated/α-hetero) is 1. The lowest BCUT2D eigenvalue weighted by Gasteiger charge is -2.59. The molecule has 1 fully saturated rings. The summed E-state index contributed by atoms with van der Waals surface area (Å²) >= 11 is 0. The van der Waals surface area contributed by atoms with Gasteiger partial charge in [-0.3, -0.25) is 4.79 Å². The largest absolute Gasteiger partial charge is 0.466 e. The average Bonchev–Trinajstić information content (AvgIpc) is 3.07. The zero-order valence-corrected chi connectivity index (χ0v) is 18.0. The first-order valence-electron chi connectivity index (χ1n) is 11.1. The Morgan fingerprint density at radius 1 is 1.20 bits per heavy atom. The highest BCUT2D eigenvalue weighted by molar-refractivity contribution is 6.05. The Hall–Kier alpha value is -2.43. The van der Waals surface area contributed by atoms with Crippen LogP contribution in [0.3, 0.4) is 0 Å². The van der Waals surface area contributed by atoms with Crippen molar-refractivity contribution in [3.05, 3.63) is 47.0 Å². The van der Waals surface area contributed by atoms with Gasteiger partial charge in [-0.25, -0.2) is 9.59 Å². The fourth-order valence-corrected chi connectivity index (χ4v) is 6.24. The van der Waals surface area contributed by atoms with Crippen molar-refractivity contribution in [1.29, 1.82) is 0 Å². The summed E-state index contributed by atoms with van der Waals surface area (Å²) in [6.07, 6.45) is 6.97. The molecule has 30 heavy (non-hydrogen) atoms. The molecule has 1 aromatic rings.